The molecule has 1 amide bonds. The van der Waals surface area contributed by atoms with E-state index < -0.39 is 0 Å². The number of aliphatic hydroxyl groups excluding tert-OH is 1. The van der Waals surface area contributed by atoms with Crippen molar-refractivity contribution in [3.63, 3.8) is 0 Å². The Hall–Kier alpha value is -1.55. The van der Waals surface area contributed by atoms with Gasteiger partial charge in [-0.1, -0.05) is 19.1 Å². The standard InChI is InChI=1S/C17H26N2O2/c1-2-11-18-16-10-4-3-9-15(16)17(21)19(12-6-13-20)14-7-5-8-14/h3-4,9-10,14,18,20H,2,5-8,11-13H2,1H3. The molecule has 0 aliphatic heterocycles. The van der Waals surface area contributed by atoms with E-state index in [1.165, 1.54) is 6.42 Å². The summed E-state index contributed by atoms with van der Waals surface area (Å²) in [7, 11) is 0. The van der Waals surface area contributed by atoms with E-state index in [4.69, 9.17) is 5.11 Å². The monoisotopic (exact) mass is 290 g/mol. The maximum absolute atomic E-state index is 12.9. The number of aliphatic hydroxyl groups is 1. The Labute approximate surface area is 127 Å². The van der Waals surface area contributed by atoms with E-state index in [1.54, 1.807) is 0 Å². The van der Waals surface area contributed by atoms with Gasteiger partial charge in [0.05, 0.1) is 5.56 Å². The van der Waals surface area contributed by atoms with Gasteiger partial charge in [-0.25, -0.2) is 0 Å². The van der Waals surface area contributed by atoms with E-state index in [0.717, 1.165) is 37.1 Å². The molecule has 0 atom stereocenters. The molecule has 21 heavy (non-hydrogen) atoms. The van der Waals surface area contributed by atoms with Gasteiger partial charge in [0.1, 0.15) is 0 Å². The zero-order valence-electron chi connectivity index (χ0n) is 12.8. The zero-order valence-corrected chi connectivity index (χ0v) is 12.8. The first kappa shape index (κ1) is 15.8. The van der Waals surface area contributed by atoms with Crippen LogP contribution < -0.4 is 5.32 Å². The Kier molecular flexibility index (Phi) is 6.05. The van der Waals surface area contributed by atoms with Crippen molar-refractivity contribution in [1.82, 2.24) is 4.90 Å². The smallest absolute Gasteiger partial charge is 0.256 e. The molecule has 1 aromatic rings. The topological polar surface area (TPSA) is 52.6 Å². The number of hydrogen-bond acceptors (Lipinski definition) is 3. The summed E-state index contributed by atoms with van der Waals surface area (Å²) in [5.41, 5.74) is 1.66. The Balaban J connectivity index is 2.15. The summed E-state index contributed by atoms with van der Waals surface area (Å²) in [6.45, 7) is 3.75. The summed E-state index contributed by atoms with van der Waals surface area (Å²) in [4.78, 5) is 14.8. The summed E-state index contributed by atoms with van der Waals surface area (Å²) in [6.07, 6.45) is 5.04. The second-order valence-corrected chi connectivity index (χ2v) is 5.63. The first-order valence-corrected chi connectivity index (χ1v) is 8.02. The van der Waals surface area contributed by atoms with Crippen molar-refractivity contribution < 1.29 is 9.90 Å². The molecule has 1 aliphatic rings. The second kappa shape index (κ2) is 8.03. The van der Waals surface area contributed by atoms with Gasteiger partial charge in [-0.3, -0.25) is 4.79 Å². The fourth-order valence-electron chi connectivity index (χ4n) is 2.63. The lowest BCUT2D eigenvalue weighted by Gasteiger charge is -2.38. The van der Waals surface area contributed by atoms with Crippen molar-refractivity contribution >= 4 is 11.6 Å². The van der Waals surface area contributed by atoms with Crippen LogP contribution in [-0.4, -0.2) is 41.7 Å². The van der Waals surface area contributed by atoms with Gasteiger partial charge in [0.2, 0.25) is 0 Å². The molecule has 4 heteroatoms. The van der Waals surface area contributed by atoms with Gasteiger partial charge in [-0.15, -0.1) is 0 Å². The predicted octanol–water partition coefficient (Wildman–Crippen LogP) is 2.89. The van der Waals surface area contributed by atoms with Crippen LogP contribution in [0.4, 0.5) is 5.69 Å². The molecule has 0 saturated heterocycles. The zero-order chi connectivity index (χ0) is 15.1. The lowest BCUT2D eigenvalue weighted by molar-refractivity contribution is 0.0563. The number of nitrogens with zero attached hydrogens (tertiary/aromatic N) is 1. The highest BCUT2D eigenvalue weighted by molar-refractivity contribution is 5.99. The van der Waals surface area contributed by atoms with Crippen LogP contribution in [0.3, 0.4) is 0 Å². The third kappa shape index (κ3) is 3.97. The molecular formula is C17H26N2O2. The van der Waals surface area contributed by atoms with Crippen molar-refractivity contribution in [1.29, 1.82) is 0 Å². The fourth-order valence-corrected chi connectivity index (χ4v) is 2.63. The lowest BCUT2D eigenvalue weighted by atomic mass is 9.90. The molecule has 2 N–H and O–H groups in total. The number of para-hydroxylation sites is 1. The number of benzene rings is 1. The van der Waals surface area contributed by atoms with Crippen LogP contribution in [0, 0.1) is 0 Å². The number of anilines is 1. The normalized spacial score (nSPS) is 14.6. The Morgan fingerprint density at radius 3 is 2.76 bits per heavy atom. The minimum absolute atomic E-state index is 0.0901. The van der Waals surface area contributed by atoms with Crippen LogP contribution in [0.1, 0.15) is 49.4 Å². The number of rotatable bonds is 8. The first-order chi connectivity index (χ1) is 10.3. The summed E-state index contributed by atoms with van der Waals surface area (Å²) < 4.78 is 0. The highest BCUT2D eigenvalue weighted by Gasteiger charge is 2.29. The van der Waals surface area contributed by atoms with Crippen LogP contribution in [-0.2, 0) is 0 Å². The third-order valence-corrected chi connectivity index (χ3v) is 4.06. The molecule has 0 radical (unpaired) electrons. The third-order valence-electron chi connectivity index (χ3n) is 4.06. The highest BCUT2D eigenvalue weighted by atomic mass is 16.3. The van der Waals surface area contributed by atoms with Gasteiger partial charge in [-0.05, 0) is 44.2 Å². The van der Waals surface area contributed by atoms with Crippen molar-refractivity contribution in [3.05, 3.63) is 29.8 Å². The molecule has 0 heterocycles. The van der Waals surface area contributed by atoms with Crippen LogP contribution in [0.5, 0.6) is 0 Å². The molecule has 2 rings (SSSR count). The van der Waals surface area contributed by atoms with E-state index in [1.807, 2.05) is 29.2 Å². The van der Waals surface area contributed by atoms with Gasteiger partial charge in [-0.2, -0.15) is 0 Å². The van der Waals surface area contributed by atoms with E-state index in [-0.39, 0.29) is 12.5 Å². The summed E-state index contributed by atoms with van der Waals surface area (Å²) in [5, 5.41) is 12.4. The van der Waals surface area contributed by atoms with Crippen LogP contribution in [0.25, 0.3) is 0 Å². The molecule has 1 aliphatic carbocycles. The number of carbonyl (C=O) groups is 1. The SMILES string of the molecule is CCCNc1ccccc1C(=O)N(CCCO)C1CCC1. The van der Waals surface area contributed by atoms with Crippen molar-refractivity contribution in [2.75, 3.05) is 25.0 Å². The molecule has 4 nitrogen and oxygen atoms in total. The highest BCUT2D eigenvalue weighted by Crippen LogP contribution is 2.28. The predicted molar refractivity (Wildman–Crippen MR) is 85.6 cm³/mol. The molecule has 0 aromatic heterocycles. The van der Waals surface area contributed by atoms with Crippen molar-refractivity contribution in [2.45, 2.75) is 45.1 Å². The first-order valence-electron chi connectivity index (χ1n) is 8.02. The van der Waals surface area contributed by atoms with Crippen LogP contribution >= 0.6 is 0 Å². The van der Waals surface area contributed by atoms with E-state index in [9.17, 15) is 4.79 Å². The van der Waals surface area contributed by atoms with Crippen LogP contribution in [0.15, 0.2) is 24.3 Å². The van der Waals surface area contributed by atoms with Crippen molar-refractivity contribution in [2.24, 2.45) is 0 Å². The van der Waals surface area contributed by atoms with Gasteiger partial charge >= 0.3 is 0 Å². The molecular weight excluding hydrogens is 264 g/mol. The number of hydrogen-bond donors (Lipinski definition) is 2. The minimum Gasteiger partial charge on any atom is -0.396 e. The van der Waals surface area contributed by atoms with Crippen molar-refractivity contribution in [3.8, 4) is 0 Å². The molecule has 0 unspecified atom stereocenters. The molecule has 1 fully saturated rings. The number of nitrogens with one attached hydrogen (secondary N) is 1. The van der Waals surface area contributed by atoms with Gasteiger partial charge in [0.25, 0.3) is 5.91 Å². The Morgan fingerprint density at radius 1 is 1.38 bits per heavy atom. The Morgan fingerprint density at radius 2 is 2.14 bits per heavy atom. The fraction of sp³-hybridized carbons (Fsp3) is 0.588. The number of amides is 1. The van der Waals surface area contributed by atoms with E-state index in [2.05, 4.69) is 12.2 Å². The average molecular weight is 290 g/mol. The summed E-state index contributed by atoms with van der Waals surface area (Å²) >= 11 is 0. The summed E-state index contributed by atoms with van der Waals surface area (Å²) in [6, 6.07) is 8.08. The Bertz CT molecular complexity index is 458. The minimum atomic E-state index is 0.0901. The average Bonchev–Trinajstić information content (AvgIpc) is 2.47. The maximum Gasteiger partial charge on any atom is 0.256 e. The molecule has 1 saturated carbocycles. The quantitative estimate of drug-likeness (QED) is 0.774. The second-order valence-electron chi connectivity index (χ2n) is 5.63. The van der Waals surface area contributed by atoms with Gasteiger partial charge < -0.3 is 15.3 Å². The molecule has 1 aromatic carbocycles. The maximum atomic E-state index is 12.9. The molecule has 116 valence electrons. The van der Waals surface area contributed by atoms with Crippen LogP contribution in [0.2, 0.25) is 0 Å². The van der Waals surface area contributed by atoms with E-state index in [0.29, 0.717) is 19.0 Å². The lowest BCUT2D eigenvalue weighted by Crippen LogP contribution is -2.45. The number of carbonyl (C=O) groups excluding carboxylic acids is 1. The summed E-state index contributed by atoms with van der Waals surface area (Å²) in [5.74, 6) is 0.0901. The van der Waals surface area contributed by atoms with Gasteiger partial charge in [0.15, 0.2) is 0 Å². The van der Waals surface area contributed by atoms with E-state index >= 15 is 0 Å². The molecule has 0 spiro atoms. The molecule has 0 bridgehead atoms. The van der Waals surface area contributed by atoms with Gasteiger partial charge in [0, 0.05) is 31.4 Å². The largest absolute Gasteiger partial charge is 0.396 e.